The van der Waals surface area contributed by atoms with Gasteiger partial charge >= 0.3 is 5.97 Å². The van der Waals surface area contributed by atoms with Crippen LogP contribution in [0.1, 0.15) is 58.2 Å². The van der Waals surface area contributed by atoms with Gasteiger partial charge in [0.25, 0.3) is 5.69 Å². The molecule has 10 heteroatoms. The Morgan fingerprint density at radius 2 is 1.30 bits per heavy atom. The summed E-state index contributed by atoms with van der Waals surface area (Å²) >= 11 is 0. The number of esters is 1. The minimum atomic E-state index is -0.843. The van der Waals surface area contributed by atoms with Crippen LogP contribution in [0.25, 0.3) is 33.9 Å². The number of methoxy groups -OCH3 is 1. The molecule has 0 N–H and O–H groups in total. The van der Waals surface area contributed by atoms with Crippen LogP contribution in [-0.4, -0.2) is 42.8 Å². The number of ether oxygens (including phenoxy) is 1. The highest BCUT2D eigenvalue weighted by atomic mass is 16.5. The van der Waals surface area contributed by atoms with E-state index in [2.05, 4.69) is 107 Å². The second-order valence-electron chi connectivity index (χ2n) is 13.9. The molecule has 0 fully saturated rings. The van der Waals surface area contributed by atoms with Gasteiger partial charge in [0.15, 0.2) is 17.7 Å². The van der Waals surface area contributed by atoms with E-state index in [-0.39, 0.29) is 11.3 Å². The quantitative estimate of drug-likeness (QED) is 0.0502. The lowest BCUT2D eigenvalue weighted by atomic mass is 9.77. The van der Waals surface area contributed by atoms with Gasteiger partial charge in [0, 0.05) is 30.8 Å². The van der Waals surface area contributed by atoms with Crippen molar-refractivity contribution in [1.82, 2.24) is 29.8 Å². The van der Waals surface area contributed by atoms with Gasteiger partial charge in [-0.25, -0.2) is 14.5 Å². The molecule has 3 aromatic heterocycles. The maximum atomic E-state index is 12.9. The predicted molar refractivity (Wildman–Crippen MR) is 219 cm³/mol. The summed E-state index contributed by atoms with van der Waals surface area (Å²) in [7, 11) is 1.30. The summed E-state index contributed by atoms with van der Waals surface area (Å²) in [5.74, 6) is 0.912. The lowest BCUT2D eigenvalue weighted by Gasteiger charge is -2.36. The van der Waals surface area contributed by atoms with E-state index in [1.165, 1.54) is 19.4 Å². The Bertz CT molecular complexity index is 2490. The molecule has 0 saturated carbocycles. The molecule has 0 aliphatic heterocycles. The first-order chi connectivity index (χ1) is 28.0. The number of carbonyl (C=O) groups excluding carboxylic acids is 1. The number of unbranched alkanes of at least 4 members (excludes halogenated alkanes) is 1. The molecular weight excluding hydrogens is 711 g/mol. The van der Waals surface area contributed by atoms with E-state index >= 15 is 0 Å². The number of rotatable bonds is 13. The van der Waals surface area contributed by atoms with Gasteiger partial charge in [-0.2, -0.15) is 4.73 Å². The highest BCUT2D eigenvalue weighted by molar-refractivity contribution is 5.94. The van der Waals surface area contributed by atoms with Gasteiger partial charge in [-0.1, -0.05) is 153 Å². The second-order valence-corrected chi connectivity index (χ2v) is 13.9. The Hall–Kier alpha value is -7.20. The van der Waals surface area contributed by atoms with E-state index in [0.717, 1.165) is 64.0 Å². The zero-order valence-corrected chi connectivity index (χ0v) is 31.8. The first-order valence-corrected chi connectivity index (χ1v) is 19.0. The van der Waals surface area contributed by atoms with Crippen molar-refractivity contribution in [2.24, 2.45) is 0 Å². The average molecular weight is 752 g/mol. The molecule has 0 amide bonds. The molecule has 8 aromatic rings. The van der Waals surface area contributed by atoms with Crippen LogP contribution in [0.15, 0.2) is 164 Å². The number of carbonyl (C=O) groups is 1. The van der Waals surface area contributed by atoms with Crippen molar-refractivity contribution in [3.63, 3.8) is 0 Å². The summed E-state index contributed by atoms with van der Waals surface area (Å²) in [5.41, 5.74) is 7.15. The fourth-order valence-corrected chi connectivity index (χ4v) is 7.56. The zero-order valence-electron chi connectivity index (χ0n) is 31.8. The molecular formula is C47H41N7O3. The molecule has 0 aliphatic carbocycles. The Morgan fingerprint density at radius 1 is 0.737 bits per heavy atom. The van der Waals surface area contributed by atoms with Crippen LogP contribution in [-0.2, 0) is 23.2 Å². The van der Waals surface area contributed by atoms with Crippen LogP contribution in [0.3, 0.4) is 0 Å². The number of aryl methyl sites for hydroxylation is 1. The van der Waals surface area contributed by atoms with Crippen molar-refractivity contribution >= 4 is 5.97 Å². The molecule has 10 nitrogen and oxygen atoms in total. The number of hydrogen-bond donors (Lipinski definition) is 0. The van der Waals surface area contributed by atoms with Crippen molar-refractivity contribution in [1.29, 1.82) is 0 Å². The molecule has 3 heterocycles. The first-order valence-electron chi connectivity index (χ1n) is 19.0. The SMILES string of the molecule is CCCCc1nc(-c2c(C(=O)OC)ccc[n+]2[O-])cn1Cc1ccc(-c2ccc(-c3nnnn3C(c3ccccc3)(c3ccccc3)c3ccccc3)cc2)cc1. The van der Waals surface area contributed by atoms with Crippen LogP contribution in [0.2, 0.25) is 0 Å². The zero-order chi connectivity index (χ0) is 39.2. The summed E-state index contributed by atoms with van der Waals surface area (Å²) in [4.78, 5) is 17.4. The van der Waals surface area contributed by atoms with Crippen molar-refractivity contribution in [3.05, 3.63) is 203 Å². The van der Waals surface area contributed by atoms with Gasteiger partial charge in [-0.05, 0) is 56.3 Å². The third-order valence-corrected chi connectivity index (χ3v) is 10.4. The lowest BCUT2D eigenvalue weighted by Crippen LogP contribution is -2.39. The van der Waals surface area contributed by atoms with Crippen LogP contribution in [0.5, 0.6) is 0 Å². The van der Waals surface area contributed by atoms with Crippen molar-refractivity contribution in [2.45, 2.75) is 38.3 Å². The fraction of sp³-hybridized carbons (Fsp3) is 0.149. The summed E-state index contributed by atoms with van der Waals surface area (Å²) in [5, 5.41) is 26.4. The van der Waals surface area contributed by atoms with Gasteiger partial charge in [0.1, 0.15) is 16.9 Å². The van der Waals surface area contributed by atoms with E-state index in [0.29, 0.717) is 22.8 Å². The normalized spacial score (nSPS) is 11.4. The summed E-state index contributed by atoms with van der Waals surface area (Å²) in [6.07, 6.45) is 5.90. The highest BCUT2D eigenvalue weighted by Gasteiger charge is 2.41. The standard InChI is InChI=1S/C47H41N7O3/c1-3-4-22-43-48-42(44-41(46(55)57-2)21-14-31-53(44)56)33-52(43)32-34-23-25-35(26-24-34)36-27-29-37(30-28-36)45-49-50-51-54(45)47(38-15-8-5-9-16-38,39-17-10-6-11-18-39)40-19-12-7-13-20-40/h5-21,23-31,33H,3-4,22,32H2,1-2H3. The maximum absolute atomic E-state index is 12.9. The first kappa shape index (κ1) is 36.8. The van der Waals surface area contributed by atoms with E-state index in [1.54, 1.807) is 6.07 Å². The summed E-state index contributed by atoms with van der Waals surface area (Å²) < 4.78 is 9.64. The van der Waals surface area contributed by atoms with Gasteiger partial charge in [0.05, 0.1) is 7.11 Å². The lowest BCUT2D eigenvalue weighted by molar-refractivity contribution is -0.594. The molecule has 0 unspecified atom stereocenters. The van der Waals surface area contributed by atoms with Crippen LogP contribution < -0.4 is 4.73 Å². The average Bonchev–Trinajstić information content (AvgIpc) is 3.92. The number of hydrogen-bond acceptors (Lipinski definition) is 7. The number of nitrogens with zero attached hydrogens (tertiary/aromatic N) is 7. The molecule has 0 saturated heterocycles. The molecule has 8 rings (SSSR count). The van der Waals surface area contributed by atoms with Gasteiger partial charge < -0.3 is 14.5 Å². The van der Waals surface area contributed by atoms with Crippen molar-refractivity contribution < 1.29 is 14.3 Å². The molecule has 282 valence electrons. The minimum Gasteiger partial charge on any atom is -0.618 e. The van der Waals surface area contributed by atoms with Crippen LogP contribution >= 0.6 is 0 Å². The predicted octanol–water partition coefficient (Wildman–Crippen LogP) is 8.52. The van der Waals surface area contributed by atoms with Gasteiger partial charge in [-0.3, -0.25) is 0 Å². The number of benzene rings is 5. The molecule has 0 bridgehead atoms. The topological polar surface area (TPSA) is 115 Å². The largest absolute Gasteiger partial charge is 0.618 e. The smallest absolute Gasteiger partial charge is 0.344 e. The van der Waals surface area contributed by atoms with Crippen molar-refractivity contribution in [2.75, 3.05) is 7.11 Å². The number of pyridine rings is 1. The number of tetrazole rings is 1. The summed E-state index contributed by atoms with van der Waals surface area (Å²) in [6, 6.07) is 51.0. The molecule has 0 aliphatic rings. The molecule has 0 atom stereocenters. The summed E-state index contributed by atoms with van der Waals surface area (Å²) in [6.45, 7) is 2.69. The third kappa shape index (κ3) is 7.09. The van der Waals surface area contributed by atoms with E-state index < -0.39 is 11.5 Å². The number of aromatic nitrogens is 7. The van der Waals surface area contributed by atoms with E-state index in [4.69, 9.17) is 14.9 Å². The van der Waals surface area contributed by atoms with Crippen molar-refractivity contribution in [3.8, 4) is 33.9 Å². The molecule has 5 aromatic carbocycles. The third-order valence-electron chi connectivity index (χ3n) is 10.4. The van der Waals surface area contributed by atoms with Crippen LogP contribution in [0.4, 0.5) is 0 Å². The second kappa shape index (κ2) is 16.3. The Balaban J connectivity index is 1.10. The Labute approximate surface area is 331 Å². The van der Waals surface area contributed by atoms with Gasteiger partial charge in [-0.15, -0.1) is 5.10 Å². The number of imidazole rings is 1. The monoisotopic (exact) mass is 751 g/mol. The van der Waals surface area contributed by atoms with Gasteiger partial charge in [0.2, 0.25) is 0 Å². The van der Waals surface area contributed by atoms with E-state index in [9.17, 15) is 10.0 Å². The molecule has 0 radical (unpaired) electrons. The van der Waals surface area contributed by atoms with E-state index in [1.807, 2.05) is 65.5 Å². The molecule has 0 spiro atoms. The molecule has 57 heavy (non-hydrogen) atoms. The Kier molecular flexibility index (Phi) is 10.5. The Morgan fingerprint density at radius 3 is 1.86 bits per heavy atom. The maximum Gasteiger partial charge on any atom is 0.344 e. The minimum absolute atomic E-state index is 0.177. The highest BCUT2D eigenvalue weighted by Crippen LogP contribution is 2.42. The fourth-order valence-electron chi connectivity index (χ4n) is 7.56. The van der Waals surface area contributed by atoms with Crippen LogP contribution in [0, 0.1) is 5.21 Å².